The maximum Gasteiger partial charge on any atom is 0.303 e. The van der Waals surface area contributed by atoms with Crippen LogP contribution in [-0.4, -0.2) is 46.9 Å². The van der Waals surface area contributed by atoms with Crippen LogP contribution < -0.4 is 5.32 Å². The van der Waals surface area contributed by atoms with E-state index in [0.29, 0.717) is 31.8 Å². The van der Waals surface area contributed by atoms with Crippen molar-refractivity contribution in [2.45, 2.75) is 64.8 Å². The molecule has 1 aliphatic heterocycles. The molecule has 6 nitrogen and oxygen atoms in total. The van der Waals surface area contributed by atoms with E-state index in [1.807, 2.05) is 13.8 Å². The number of carboxylic acid groups (broad SMARTS) is 1. The lowest BCUT2D eigenvalue weighted by Crippen LogP contribution is -2.45. The third-order valence-corrected chi connectivity index (χ3v) is 3.89. The lowest BCUT2D eigenvalue weighted by Gasteiger charge is -2.35. The van der Waals surface area contributed by atoms with Gasteiger partial charge in [0.1, 0.15) is 0 Å². The number of carboxylic acids is 1. The average Bonchev–Trinajstić information content (AvgIpc) is 2.44. The first-order valence-corrected chi connectivity index (χ1v) is 8.18. The molecule has 0 bridgehead atoms. The molecule has 0 saturated carbocycles. The molecule has 0 radical (unpaired) electrons. The van der Waals surface area contributed by atoms with E-state index in [-0.39, 0.29) is 30.7 Å². The summed E-state index contributed by atoms with van der Waals surface area (Å²) in [6.07, 6.45) is 4.25. The summed E-state index contributed by atoms with van der Waals surface area (Å²) in [4.78, 5) is 36.3. The summed E-state index contributed by atoms with van der Waals surface area (Å²) >= 11 is 0. The molecule has 0 aromatic rings. The van der Waals surface area contributed by atoms with Gasteiger partial charge in [0.15, 0.2) is 0 Å². The first-order chi connectivity index (χ1) is 10.4. The molecule has 0 aromatic carbocycles. The number of hydrogen-bond acceptors (Lipinski definition) is 3. The van der Waals surface area contributed by atoms with E-state index in [1.165, 1.54) is 0 Å². The van der Waals surface area contributed by atoms with Crippen molar-refractivity contribution in [3.8, 4) is 0 Å². The zero-order valence-corrected chi connectivity index (χ0v) is 13.6. The molecule has 22 heavy (non-hydrogen) atoms. The zero-order valence-electron chi connectivity index (χ0n) is 13.6. The summed E-state index contributed by atoms with van der Waals surface area (Å²) in [5, 5.41) is 11.6. The number of likely N-dealkylation sites (tertiary alicyclic amines) is 1. The Labute approximate surface area is 132 Å². The quantitative estimate of drug-likeness (QED) is 0.715. The molecule has 1 fully saturated rings. The number of carbonyl (C=O) groups excluding carboxylic acids is 2. The fourth-order valence-electron chi connectivity index (χ4n) is 2.81. The predicted octanol–water partition coefficient (Wildman–Crippen LogP) is 1.78. The predicted molar refractivity (Wildman–Crippen MR) is 83.3 cm³/mol. The summed E-state index contributed by atoms with van der Waals surface area (Å²) in [6.45, 7) is 5.01. The standard InChI is InChI=1S/C16H28N2O4/c1-12(2)11-14(19)17-9-8-15(20)18-10-4-3-5-13(18)6-7-16(21)22/h12-13H,3-11H2,1-2H3,(H,17,19)(H,21,22). The third-order valence-electron chi connectivity index (χ3n) is 3.89. The molecule has 2 amide bonds. The minimum absolute atomic E-state index is 0.0138. The fraction of sp³-hybridized carbons (Fsp3) is 0.812. The molecule has 1 heterocycles. The van der Waals surface area contributed by atoms with Crippen LogP contribution >= 0.6 is 0 Å². The molecular formula is C16H28N2O4. The van der Waals surface area contributed by atoms with Gasteiger partial charge in [-0.15, -0.1) is 0 Å². The van der Waals surface area contributed by atoms with E-state index < -0.39 is 5.97 Å². The largest absolute Gasteiger partial charge is 0.481 e. The molecule has 126 valence electrons. The summed E-state index contributed by atoms with van der Waals surface area (Å²) in [7, 11) is 0. The average molecular weight is 312 g/mol. The first kappa shape index (κ1) is 18.5. The Hall–Kier alpha value is -1.59. The maximum absolute atomic E-state index is 12.3. The molecule has 0 spiro atoms. The highest BCUT2D eigenvalue weighted by atomic mass is 16.4. The van der Waals surface area contributed by atoms with Gasteiger partial charge < -0.3 is 15.3 Å². The van der Waals surface area contributed by atoms with E-state index >= 15 is 0 Å². The van der Waals surface area contributed by atoms with E-state index in [9.17, 15) is 14.4 Å². The van der Waals surface area contributed by atoms with Gasteiger partial charge in [-0.05, 0) is 31.6 Å². The number of piperidine rings is 1. The fourth-order valence-corrected chi connectivity index (χ4v) is 2.81. The van der Waals surface area contributed by atoms with Gasteiger partial charge in [0, 0.05) is 38.4 Å². The highest BCUT2D eigenvalue weighted by molar-refractivity contribution is 5.79. The monoisotopic (exact) mass is 312 g/mol. The highest BCUT2D eigenvalue weighted by Gasteiger charge is 2.26. The molecule has 1 saturated heterocycles. The molecule has 6 heteroatoms. The Kier molecular flexibility index (Phi) is 7.91. The van der Waals surface area contributed by atoms with E-state index in [2.05, 4.69) is 5.32 Å². The number of carbonyl (C=O) groups is 3. The van der Waals surface area contributed by atoms with Gasteiger partial charge in [-0.2, -0.15) is 0 Å². The summed E-state index contributed by atoms with van der Waals surface area (Å²) in [5.74, 6) is -0.527. The second-order valence-electron chi connectivity index (χ2n) is 6.37. The van der Waals surface area contributed by atoms with Crippen LogP contribution in [0.1, 0.15) is 58.8 Å². The number of nitrogens with zero attached hydrogens (tertiary/aromatic N) is 1. The molecule has 2 N–H and O–H groups in total. The smallest absolute Gasteiger partial charge is 0.303 e. The van der Waals surface area contributed by atoms with Crippen LogP contribution in [0.15, 0.2) is 0 Å². The van der Waals surface area contributed by atoms with Crippen molar-refractivity contribution in [3.63, 3.8) is 0 Å². The van der Waals surface area contributed by atoms with Crippen molar-refractivity contribution >= 4 is 17.8 Å². The number of hydrogen-bond donors (Lipinski definition) is 2. The normalized spacial score (nSPS) is 18.3. The Morgan fingerprint density at radius 2 is 1.95 bits per heavy atom. The van der Waals surface area contributed by atoms with Gasteiger partial charge in [0.25, 0.3) is 0 Å². The Bertz CT molecular complexity index is 396. The van der Waals surface area contributed by atoms with Crippen molar-refractivity contribution in [1.82, 2.24) is 10.2 Å². The SMILES string of the molecule is CC(C)CC(=O)NCCC(=O)N1CCCCC1CCC(=O)O. The second kappa shape index (κ2) is 9.43. The lowest BCUT2D eigenvalue weighted by molar-refractivity contribution is -0.140. The maximum atomic E-state index is 12.3. The molecule has 1 atom stereocenters. The first-order valence-electron chi connectivity index (χ1n) is 8.18. The minimum Gasteiger partial charge on any atom is -0.481 e. The van der Waals surface area contributed by atoms with Crippen LogP contribution in [0.2, 0.25) is 0 Å². The van der Waals surface area contributed by atoms with Gasteiger partial charge in [0.05, 0.1) is 0 Å². The number of nitrogens with one attached hydrogen (secondary N) is 1. The van der Waals surface area contributed by atoms with Gasteiger partial charge in [-0.3, -0.25) is 14.4 Å². The third kappa shape index (κ3) is 6.91. The lowest BCUT2D eigenvalue weighted by atomic mass is 9.97. The topological polar surface area (TPSA) is 86.7 Å². The van der Waals surface area contributed by atoms with Crippen molar-refractivity contribution in [1.29, 1.82) is 0 Å². The molecule has 1 rings (SSSR count). The van der Waals surface area contributed by atoms with Crippen LogP contribution in [-0.2, 0) is 14.4 Å². The Balaban J connectivity index is 2.37. The van der Waals surface area contributed by atoms with Gasteiger partial charge in [-0.25, -0.2) is 0 Å². The zero-order chi connectivity index (χ0) is 16.5. The van der Waals surface area contributed by atoms with Crippen molar-refractivity contribution in [2.24, 2.45) is 5.92 Å². The summed E-state index contributed by atoms with van der Waals surface area (Å²) in [6, 6.07) is 0.0312. The van der Waals surface area contributed by atoms with Crippen molar-refractivity contribution < 1.29 is 19.5 Å². The Morgan fingerprint density at radius 3 is 2.59 bits per heavy atom. The number of amides is 2. The van der Waals surface area contributed by atoms with Crippen molar-refractivity contribution in [2.75, 3.05) is 13.1 Å². The molecule has 0 aliphatic carbocycles. The van der Waals surface area contributed by atoms with Crippen LogP contribution in [0.25, 0.3) is 0 Å². The van der Waals surface area contributed by atoms with Gasteiger partial charge >= 0.3 is 5.97 Å². The van der Waals surface area contributed by atoms with Crippen LogP contribution in [0.4, 0.5) is 0 Å². The van der Waals surface area contributed by atoms with Crippen LogP contribution in [0.5, 0.6) is 0 Å². The summed E-state index contributed by atoms with van der Waals surface area (Å²) < 4.78 is 0. The summed E-state index contributed by atoms with van der Waals surface area (Å²) in [5.41, 5.74) is 0. The number of aliphatic carboxylic acids is 1. The van der Waals surface area contributed by atoms with Crippen molar-refractivity contribution in [3.05, 3.63) is 0 Å². The van der Waals surface area contributed by atoms with E-state index in [0.717, 1.165) is 19.3 Å². The molecule has 1 unspecified atom stereocenters. The molecule has 0 aromatic heterocycles. The highest BCUT2D eigenvalue weighted by Crippen LogP contribution is 2.21. The number of rotatable bonds is 8. The van der Waals surface area contributed by atoms with E-state index in [4.69, 9.17) is 5.11 Å². The van der Waals surface area contributed by atoms with Gasteiger partial charge in [-0.1, -0.05) is 13.8 Å². The Morgan fingerprint density at radius 1 is 1.23 bits per heavy atom. The second-order valence-corrected chi connectivity index (χ2v) is 6.37. The van der Waals surface area contributed by atoms with Crippen LogP contribution in [0.3, 0.4) is 0 Å². The van der Waals surface area contributed by atoms with Gasteiger partial charge in [0.2, 0.25) is 11.8 Å². The van der Waals surface area contributed by atoms with E-state index in [1.54, 1.807) is 4.90 Å². The minimum atomic E-state index is -0.820. The molecular weight excluding hydrogens is 284 g/mol. The van der Waals surface area contributed by atoms with Crippen LogP contribution in [0, 0.1) is 5.92 Å². The molecule has 1 aliphatic rings.